The molecule has 0 unspecified atom stereocenters. The number of nitriles is 1. The maximum atomic E-state index is 12.5. The Morgan fingerprint density at radius 2 is 2.08 bits per heavy atom. The van der Waals surface area contributed by atoms with E-state index in [9.17, 15) is 4.79 Å². The molecular formula is C18H14ClN5O2. The van der Waals surface area contributed by atoms with Crippen LogP contribution < -0.4 is 10.1 Å². The quantitative estimate of drug-likeness (QED) is 0.747. The van der Waals surface area contributed by atoms with Crippen molar-refractivity contribution >= 4 is 23.2 Å². The summed E-state index contributed by atoms with van der Waals surface area (Å²) in [5.74, 6) is 0.146. The van der Waals surface area contributed by atoms with Crippen molar-refractivity contribution in [3.8, 4) is 17.5 Å². The topological polar surface area (TPSA) is 92.8 Å². The number of amides is 1. The number of aromatic nitrogens is 3. The first-order valence-corrected chi connectivity index (χ1v) is 8.07. The summed E-state index contributed by atoms with van der Waals surface area (Å²) in [5, 5.41) is 16.1. The van der Waals surface area contributed by atoms with Gasteiger partial charge in [0.2, 0.25) is 0 Å². The first kappa shape index (κ1) is 17.5. The van der Waals surface area contributed by atoms with Crippen molar-refractivity contribution < 1.29 is 9.53 Å². The lowest BCUT2D eigenvalue weighted by Gasteiger charge is -2.16. The summed E-state index contributed by atoms with van der Waals surface area (Å²) in [5.41, 5.74) is 1.64. The van der Waals surface area contributed by atoms with Crippen LogP contribution in [0.4, 0.5) is 5.69 Å². The number of carbonyl (C=O) groups is 1. The predicted octanol–water partition coefficient (Wildman–Crippen LogP) is 3.20. The van der Waals surface area contributed by atoms with E-state index >= 15 is 0 Å². The molecule has 1 N–H and O–H groups in total. The molecule has 1 heterocycles. The average Bonchev–Trinajstić information content (AvgIpc) is 3.17. The molecule has 7 nitrogen and oxygen atoms in total. The molecule has 26 heavy (non-hydrogen) atoms. The molecule has 0 saturated heterocycles. The number of nitrogens with zero attached hydrogens (tertiary/aromatic N) is 4. The molecule has 0 saturated carbocycles. The fraction of sp³-hybridized carbons (Fsp3) is 0.111. The van der Waals surface area contributed by atoms with Crippen LogP contribution in [0.15, 0.2) is 55.1 Å². The maximum Gasteiger partial charge on any atom is 0.265 e. The molecule has 1 amide bonds. The van der Waals surface area contributed by atoms with E-state index in [-0.39, 0.29) is 5.91 Å². The molecule has 0 bridgehead atoms. The number of benzene rings is 2. The molecule has 3 aromatic rings. The van der Waals surface area contributed by atoms with E-state index in [4.69, 9.17) is 21.6 Å². The van der Waals surface area contributed by atoms with E-state index in [1.165, 1.54) is 17.3 Å². The second kappa shape index (κ2) is 7.68. The highest BCUT2D eigenvalue weighted by Gasteiger charge is 2.17. The third-order valence-electron chi connectivity index (χ3n) is 3.55. The molecule has 0 spiro atoms. The van der Waals surface area contributed by atoms with Crippen LogP contribution in [0.25, 0.3) is 5.69 Å². The van der Waals surface area contributed by atoms with E-state index in [1.807, 2.05) is 6.07 Å². The standard InChI is InChI=1S/C18H14ClN5O2/c1-12(26-15-5-2-13(9-20)3-6-15)18(25)23-16-8-14(19)4-7-17(16)24-11-21-10-22-24/h2-8,10-12H,1H3,(H,23,25)/t12-/m0/s1. The number of rotatable bonds is 5. The Kier molecular flexibility index (Phi) is 5.15. The van der Waals surface area contributed by atoms with Crippen LogP contribution in [0.5, 0.6) is 5.75 Å². The van der Waals surface area contributed by atoms with Crippen LogP contribution in [-0.2, 0) is 4.79 Å². The summed E-state index contributed by atoms with van der Waals surface area (Å²) in [6, 6.07) is 13.6. The van der Waals surface area contributed by atoms with Crippen LogP contribution in [0.2, 0.25) is 5.02 Å². The van der Waals surface area contributed by atoms with Gasteiger partial charge in [0.05, 0.1) is 23.0 Å². The third kappa shape index (κ3) is 3.99. The van der Waals surface area contributed by atoms with Gasteiger partial charge in [-0.2, -0.15) is 10.4 Å². The highest BCUT2D eigenvalue weighted by molar-refractivity contribution is 6.31. The van der Waals surface area contributed by atoms with Crippen LogP contribution in [-0.4, -0.2) is 26.8 Å². The zero-order valence-corrected chi connectivity index (χ0v) is 14.5. The molecule has 0 radical (unpaired) electrons. The SMILES string of the molecule is C[C@H](Oc1ccc(C#N)cc1)C(=O)Nc1cc(Cl)ccc1-n1cncn1. The molecule has 130 valence electrons. The lowest BCUT2D eigenvalue weighted by molar-refractivity contribution is -0.122. The number of halogens is 1. The number of carbonyl (C=O) groups excluding carboxylic acids is 1. The first-order chi connectivity index (χ1) is 12.6. The molecule has 3 rings (SSSR count). The van der Waals surface area contributed by atoms with Crippen molar-refractivity contribution in [2.45, 2.75) is 13.0 Å². The highest BCUT2D eigenvalue weighted by Crippen LogP contribution is 2.24. The second-order valence-corrected chi connectivity index (χ2v) is 5.82. The minimum Gasteiger partial charge on any atom is -0.481 e. The molecule has 8 heteroatoms. The lowest BCUT2D eigenvalue weighted by Crippen LogP contribution is -2.30. The van der Waals surface area contributed by atoms with E-state index in [1.54, 1.807) is 49.4 Å². The van der Waals surface area contributed by atoms with Gasteiger partial charge in [0.15, 0.2) is 6.10 Å². The third-order valence-corrected chi connectivity index (χ3v) is 3.78. The number of hydrogen-bond donors (Lipinski definition) is 1. The summed E-state index contributed by atoms with van der Waals surface area (Å²) in [6.45, 7) is 1.63. The normalized spacial score (nSPS) is 11.4. The Morgan fingerprint density at radius 3 is 2.73 bits per heavy atom. The van der Waals surface area contributed by atoms with Crippen molar-refractivity contribution in [2.75, 3.05) is 5.32 Å². The van der Waals surface area contributed by atoms with Crippen molar-refractivity contribution in [3.05, 3.63) is 65.7 Å². The van der Waals surface area contributed by atoms with Crippen molar-refractivity contribution in [1.82, 2.24) is 14.8 Å². The van der Waals surface area contributed by atoms with Gasteiger partial charge in [0.25, 0.3) is 5.91 Å². The highest BCUT2D eigenvalue weighted by atomic mass is 35.5. The Hall–Kier alpha value is -3.37. The Bertz CT molecular complexity index is 949. The number of nitrogens with one attached hydrogen (secondary N) is 1. The number of ether oxygens (including phenoxy) is 1. The largest absolute Gasteiger partial charge is 0.481 e. The van der Waals surface area contributed by atoms with E-state index in [0.717, 1.165) is 0 Å². The number of hydrogen-bond acceptors (Lipinski definition) is 5. The van der Waals surface area contributed by atoms with Gasteiger partial charge >= 0.3 is 0 Å². The van der Waals surface area contributed by atoms with E-state index < -0.39 is 6.10 Å². The van der Waals surface area contributed by atoms with Gasteiger partial charge in [0, 0.05) is 5.02 Å². The van der Waals surface area contributed by atoms with Crippen molar-refractivity contribution in [1.29, 1.82) is 5.26 Å². The lowest BCUT2D eigenvalue weighted by atomic mass is 10.2. The minimum absolute atomic E-state index is 0.349. The molecule has 0 aliphatic rings. The molecule has 2 aromatic carbocycles. The Morgan fingerprint density at radius 1 is 1.31 bits per heavy atom. The minimum atomic E-state index is -0.759. The van der Waals surface area contributed by atoms with Gasteiger partial charge in [-0.15, -0.1) is 0 Å². The monoisotopic (exact) mass is 367 g/mol. The average molecular weight is 368 g/mol. The van der Waals surface area contributed by atoms with Crippen LogP contribution in [0.1, 0.15) is 12.5 Å². The van der Waals surface area contributed by atoms with Gasteiger partial charge in [-0.05, 0) is 49.4 Å². The van der Waals surface area contributed by atoms with Gasteiger partial charge in [0.1, 0.15) is 18.4 Å². The van der Waals surface area contributed by atoms with Gasteiger partial charge in [-0.25, -0.2) is 9.67 Å². The predicted molar refractivity (Wildman–Crippen MR) is 96.2 cm³/mol. The summed E-state index contributed by atoms with van der Waals surface area (Å²) in [6.07, 6.45) is 2.16. The molecule has 0 fully saturated rings. The zero-order valence-electron chi connectivity index (χ0n) is 13.8. The fourth-order valence-corrected chi connectivity index (χ4v) is 2.41. The van der Waals surface area contributed by atoms with Gasteiger partial charge in [-0.3, -0.25) is 4.79 Å². The van der Waals surface area contributed by atoms with Crippen LogP contribution in [0.3, 0.4) is 0 Å². The molecule has 1 aromatic heterocycles. The Balaban J connectivity index is 1.75. The number of anilines is 1. The summed E-state index contributed by atoms with van der Waals surface area (Å²) < 4.78 is 7.15. The van der Waals surface area contributed by atoms with E-state index in [2.05, 4.69) is 15.4 Å². The summed E-state index contributed by atoms with van der Waals surface area (Å²) >= 11 is 6.05. The fourth-order valence-electron chi connectivity index (χ4n) is 2.24. The summed E-state index contributed by atoms with van der Waals surface area (Å²) in [7, 11) is 0. The van der Waals surface area contributed by atoms with Crippen LogP contribution >= 0.6 is 11.6 Å². The Labute approximate surface area is 154 Å². The maximum absolute atomic E-state index is 12.5. The molecule has 0 aliphatic carbocycles. The first-order valence-electron chi connectivity index (χ1n) is 7.69. The summed E-state index contributed by atoms with van der Waals surface area (Å²) in [4.78, 5) is 16.4. The molecular weight excluding hydrogens is 354 g/mol. The van der Waals surface area contributed by atoms with Crippen molar-refractivity contribution in [2.24, 2.45) is 0 Å². The van der Waals surface area contributed by atoms with Crippen LogP contribution in [0, 0.1) is 11.3 Å². The molecule has 1 atom stereocenters. The van der Waals surface area contributed by atoms with Gasteiger partial charge in [-0.1, -0.05) is 11.6 Å². The second-order valence-electron chi connectivity index (χ2n) is 5.39. The van der Waals surface area contributed by atoms with Gasteiger partial charge < -0.3 is 10.1 Å². The van der Waals surface area contributed by atoms with Crippen molar-refractivity contribution in [3.63, 3.8) is 0 Å². The smallest absolute Gasteiger partial charge is 0.265 e. The molecule has 0 aliphatic heterocycles. The zero-order chi connectivity index (χ0) is 18.5. The van der Waals surface area contributed by atoms with E-state index in [0.29, 0.717) is 27.7 Å².